The minimum atomic E-state index is -0.309. The van der Waals surface area contributed by atoms with E-state index in [0.717, 1.165) is 32.5 Å². The summed E-state index contributed by atoms with van der Waals surface area (Å²) in [7, 11) is 0. The van der Waals surface area contributed by atoms with Crippen LogP contribution in [-0.2, 0) is 4.74 Å². The molecule has 86 valence electrons. The molecule has 0 amide bonds. The number of nitrogens with zero attached hydrogens (tertiary/aromatic N) is 3. The van der Waals surface area contributed by atoms with Gasteiger partial charge in [0.1, 0.15) is 12.4 Å². The lowest BCUT2D eigenvalue weighted by Crippen LogP contribution is -2.52. The highest BCUT2D eigenvalue weighted by Crippen LogP contribution is 2.29. The number of hydrogen-bond acceptors (Lipinski definition) is 4. The summed E-state index contributed by atoms with van der Waals surface area (Å²) in [6, 6.07) is 0. The van der Waals surface area contributed by atoms with E-state index in [1.807, 2.05) is 0 Å². The van der Waals surface area contributed by atoms with Crippen LogP contribution in [0.25, 0.3) is 0 Å². The number of imidazole rings is 1. The number of ether oxygens (including phenoxy) is 1. The van der Waals surface area contributed by atoms with Gasteiger partial charge in [-0.25, -0.2) is 14.3 Å². The number of carbonyl (C=O) groups excluding carboxylic acids is 1. The first kappa shape index (κ1) is 9.84. The fourth-order valence-electron chi connectivity index (χ4n) is 2.60. The summed E-state index contributed by atoms with van der Waals surface area (Å²) < 4.78 is 6.90. The van der Waals surface area contributed by atoms with Crippen LogP contribution in [0.3, 0.4) is 0 Å². The molecule has 4 heterocycles. The standard InChI is InChI=1S/C11H15N3O2/c15-11(14-6-3-12-8-14)16-10-7-13-4-1-9(10)2-5-13/h3,6,8-10H,1-2,4-5,7H2. The molecule has 4 rings (SSSR count). The van der Waals surface area contributed by atoms with E-state index in [1.54, 1.807) is 12.4 Å². The van der Waals surface area contributed by atoms with E-state index in [9.17, 15) is 4.79 Å². The molecule has 16 heavy (non-hydrogen) atoms. The Morgan fingerprint density at radius 3 is 2.75 bits per heavy atom. The van der Waals surface area contributed by atoms with Gasteiger partial charge in [-0.15, -0.1) is 0 Å². The van der Waals surface area contributed by atoms with E-state index in [0.29, 0.717) is 5.92 Å². The minimum absolute atomic E-state index is 0.0670. The van der Waals surface area contributed by atoms with E-state index in [1.165, 1.54) is 10.9 Å². The molecule has 1 aromatic heterocycles. The highest BCUT2D eigenvalue weighted by atomic mass is 16.6. The van der Waals surface area contributed by atoms with Crippen LogP contribution in [0.4, 0.5) is 4.79 Å². The average molecular weight is 221 g/mol. The van der Waals surface area contributed by atoms with Crippen LogP contribution in [-0.4, -0.2) is 46.3 Å². The van der Waals surface area contributed by atoms with Gasteiger partial charge in [-0.3, -0.25) is 4.90 Å². The molecule has 0 N–H and O–H groups in total. The fraction of sp³-hybridized carbons (Fsp3) is 0.636. The van der Waals surface area contributed by atoms with Crippen molar-refractivity contribution in [1.82, 2.24) is 14.5 Å². The molecule has 0 radical (unpaired) electrons. The van der Waals surface area contributed by atoms with E-state index in [-0.39, 0.29) is 12.2 Å². The summed E-state index contributed by atoms with van der Waals surface area (Å²) in [5.41, 5.74) is 0. The monoisotopic (exact) mass is 221 g/mol. The van der Waals surface area contributed by atoms with Gasteiger partial charge in [-0.05, 0) is 31.8 Å². The molecule has 0 aliphatic carbocycles. The molecular formula is C11H15N3O2. The molecular weight excluding hydrogens is 206 g/mol. The zero-order valence-corrected chi connectivity index (χ0v) is 9.08. The van der Waals surface area contributed by atoms with Crippen LogP contribution in [0.5, 0.6) is 0 Å². The van der Waals surface area contributed by atoms with Crippen molar-refractivity contribution in [3.8, 4) is 0 Å². The molecule has 3 aliphatic rings. The van der Waals surface area contributed by atoms with Crippen molar-refractivity contribution in [2.24, 2.45) is 5.92 Å². The van der Waals surface area contributed by atoms with Gasteiger partial charge in [0.05, 0.1) is 0 Å². The lowest BCUT2D eigenvalue weighted by molar-refractivity contribution is -0.0328. The van der Waals surface area contributed by atoms with E-state index in [2.05, 4.69) is 9.88 Å². The Morgan fingerprint density at radius 1 is 1.38 bits per heavy atom. The SMILES string of the molecule is O=C(OC1CN2CCC1CC2)n1ccnc1. The number of hydrogen-bond donors (Lipinski definition) is 0. The first-order chi connectivity index (χ1) is 7.83. The van der Waals surface area contributed by atoms with Crippen molar-refractivity contribution in [3.05, 3.63) is 18.7 Å². The summed E-state index contributed by atoms with van der Waals surface area (Å²) in [5, 5.41) is 0. The molecule has 5 heteroatoms. The Balaban J connectivity index is 1.65. The number of aromatic nitrogens is 2. The third-order valence-electron chi connectivity index (χ3n) is 3.56. The van der Waals surface area contributed by atoms with E-state index in [4.69, 9.17) is 4.74 Å². The molecule has 1 atom stereocenters. The molecule has 0 spiro atoms. The van der Waals surface area contributed by atoms with Crippen molar-refractivity contribution in [2.45, 2.75) is 18.9 Å². The maximum Gasteiger partial charge on any atom is 0.419 e. The van der Waals surface area contributed by atoms with Crippen molar-refractivity contribution in [1.29, 1.82) is 0 Å². The smallest absolute Gasteiger partial charge is 0.419 e. The maximum atomic E-state index is 11.7. The molecule has 3 saturated heterocycles. The zero-order valence-electron chi connectivity index (χ0n) is 9.08. The van der Waals surface area contributed by atoms with Gasteiger partial charge in [0.25, 0.3) is 0 Å². The Labute approximate surface area is 94.0 Å². The molecule has 0 aromatic carbocycles. The van der Waals surface area contributed by atoms with Crippen molar-refractivity contribution < 1.29 is 9.53 Å². The molecule has 1 unspecified atom stereocenters. The van der Waals surface area contributed by atoms with Crippen LogP contribution in [0, 0.1) is 5.92 Å². The molecule has 5 nitrogen and oxygen atoms in total. The summed E-state index contributed by atoms with van der Waals surface area (Å²) in [5.74, 6) is 0.553. The van der Waals surface area contributed by atoms with Gasteiger partial charge >= 0.3 is 6.09 Å². The van der Waals surface area contributed by atoms with E-state index >= 15 is 0 Å². The zero-order chi connectivity index (χ0) is 11.0. The third-order valence-corrected chi connectivity index (χ3v) is 3.56. The van der Waals surface area contributed by atoms with Crippen molar-refractivity contribution >= 4 is 6.09 Å². The third kappa shape index (κ3) is 1.71. The maximum absolute atomic E-state index is 11.7. The summed E-state index contributed by atoms with van der Waals surface area (Å²) >= 11 is 0. The predicted molar refractivity (Wildman–Crippen MR) is 57.1 cm³/mol. The van der Waals surface area contributed by atoms with Gasteiger partial charge in [-0.1, -0.05) is 0 Å². The molecule has 1 aromatic rings. The van der Waals surface area contributed by atoms with Crippen LogP contribution < -0.4 is 0 Å². The lowest BCUT2D eigenvalue weighted by Gasteiger charge is -2.43. The van der Waals surface area contributed by atoms with Crippen LogP contribution in [0.2, 0.25) is 0 Å². The highest BCUT2D eigenvalue weighted by Gasteiger charge is 2.36. The highest BCUT2D eigenvalue weighted by molar-refractivity contribution is 5.70. The van der Waals surface area contributed by atoms with Crippen molar-refractivity contribution in [2.75, 3.05) is 19.6 Å². The Morgan fingerprint density at radius 2 is 2.19 bits per heavy atom. The predicted octanol–water partition coefficient (Wildman–Crippen LogP) is 0.962. The largest absolute Gasteiger partial charge is 0.444 e. The van der Waals surface area contributed by atoms with Crippen molar-refractivity contribution in [3.63, 3.8) is 0 Å². The second kappa shape index (κ2) is 3.90. The van der Waals surface area contributed by atoms with E-state index < -0.39 is 0 Å². The molecule has 3 aliphatic heterocycles. The molecule has 3 fully saturated rings. The second-order valence-corrected chi connectivity index (χ2v) is 4.53. The Hall–Kier alpha value is -1.36. The number of rotatable bonds is 1. The van der Waals surface area contributed by atoms with Gasteiger partial charge in [0.15, 0.2) is 0 Å². The Kier molecular flexibility index (Phi) is 2.40. The second-order valence-electron chi connectivity index (χ2n) is 4.53. The summed E-state index contributed by atoms with van der Waals surface area (Å²) in [6.07, 6.45) is 6.74. The molecule has 2 bridgehead atoms. The molecule has 0 saturated carbocycles. The number of fused-ring (bicyclic) bond motifs is 3. The van der Waals surface area contributed by atoms with Crippen LogP contribution >= 0.6 is 0 Å². The topological polar surface area (TPSA) is 47.4 Å². The summed E-state index contributed by atoms with van der Waals surface area (Å²) in [6.45, 7) is 3.21. The van der Waals surface area contributed by atoms with Gasteiger partial charge in [-0.2, -0.15) is 0 Å². The lowest BCUT2D eigenvalue weighted by atomic mass is 9.86. The number of piperidine rings is 3. The Bertz CT molecular complexity index is 369. The minimum Gasteiger partial charge on any atom is -0.444 e. The van der Waals surface area contributed by atoms with Gasteiger partial charge < -0.3 is 4.74 Å². The quantitative estimate of drug-likeness (QED) is 0.708. The first-order valence-electron chi connectivity index (χ1n) is 5.74. The summed E-state index contributed by atoms with van der Waals surface area (Å²) in [4.78, 5) is 17.9. The van der Waals surface area contributed by atoms with Gasteiger partial charge in [0.2, 0.25) is 0 Å². The fourth-order valence-corrected chi connectivity index (χ4v) is 2.60. The normalized spacial score (nSPS) is 32.6. The average Bonchev–Trinajstić information content (AvgIpc) is 2.84. The van der Waals surface area contributed by atoms with Crippen LogP contribution in [0.1, 0.15) is 12.8 Å². The number of carbonyl (C=O) groups is 1. The van der Waals surface area contributed by atoms with Gasteiger partial charge in [0, 0.05) is 18.9 Å². The first-order valence-corrected chi connectivity index (χ1v) is 5.74. The van der Waals surface area contributed by atoms with Crippen LogP contribution in [0.15, 0.2) is 18.7 Å².